The van der Waals surface area contributed by atoms with Gasteiger partial charge < -0.3 is 0 Å². The van der Waals surface area contributed by atoms with E-state index in [2.05, 4.69) is 9.82 Å². The van der Waals surface area contributed by atoms with E-state index in [1.54, 1.807) is 7.05 Å². The van der Waals surface area contributed by atoms with E-state index in [0.29, 0.717) is 0 Å². The van der Waals surface area contributed by atoms with Crippen LogP contribution in [0.2, 0.25) is 0 Å². The molecule has 1 aromatic carbocycles. The molecular formula is C11H14N4O4S2. The van der Waals surface area contributed by atoms with Crippen molar-refractivity contribution >= 4 is 25.7 Å². The normalized spacial score (nSPS) is 12.3. The second kappa shape index (κ2) is 5.13. The van der Waals surface area contributed by atoms with Crippen LogP contribution in [0.1, 0.15) is 5.56 Å². The fraction of sp³-hybridized carbons (Fsp3) is 0.182. The maximum Gasteiger partial charge on any atom is 0.265 e. The number of nitrogens with one attached hydrogen (secondary N) is 1. The van der Waals surface area contributed by atoms with Crippen LogP contribution < -0.4 is 9.86 Å². The summed E-state index contributed by atoms with van der Waals surface area (Å²) in [6.45, 7) is 1.47. The van der Waals surface area contributed by atoms with Gasteiger partial charge in [-0.1, -0.05) is 6.07 Å². The van der Waals surface area contributed by atoms with Crippen molar-refractivity contribution in [3.05, 3.63) is 36.2 Å². The Hall–Kier alpha value is -1.91. The number of hydrogen-bond acceptors (Lipinski definition) is 5. The molecule has 10 heteroatoms. The van der Waals surface area contributed by atoms with Gasteiger partial charge in [-0.2, -0.15) is 5.10 Å². The van der Waals surface area contributed by atoms with Crippen molar-refractivity contribution < 1.29 is 16.8 Å². The highest BCUT2D eigenvalue weighted by atomic mass is 32.2. The largest absolute Gasteiger partial charge is 0.279 e. The average molecular weight is 330 g/mol. The van der Waals surface area contributed by atoms with Crippen LogP contribution in [0.4, 0.5) is 5.69 Å². The summed E-state index contributed by atoms with van der Waals surface area (Å²) in [5.74, 6) is 0. The lowest BCUT2D eigenvalue weighted by Gasteiger charge is -2.11. The Morgan fingerprint density at radius 3 is 2.43 bits per heavy atom. The van der Waals surface area contributed by atoms with Crippen molar-refractivity contribution in [2.24, 2.45) is 12.2 Å². The van der Waals surface area contributed by atoms with Gasteiger partial charge in [-0.3, -0.25) is 9.40 Å². The summed E-state index contributed by atoms with van der Waals surface area (Å²) < 4.78 is 50.9. The van der Waals surface area contributed by atoms with Crippen LogP contribution in [0.3, 0.4) is 0 Å². The van der Waals surface area contributed by atoms with Gasteiger partial charge in [-0.15, -0.1) is 0 Å². The Labute approximate surface area is 122 Å². The molecule has 0 spiro atoms. The quantitative estimate of drug-likeness (QED) is 0.827. The van der Waals surface area contributed by atoms with Gasteiger partial charge in [0.2, 0.25) is 10.0 Å². The number of sulfonamides is 2. The first kappa shape index (κ1) is 15.5. The number of aryl methyl sites for hydroxylation is 1. The number of nitrogens with zero attached hydrogens (tertiary/aromatic N) is 2. The first-order valence-corrected chi connectivity index (χ1v) is 8.78. The van der Waals surface area contributed by atoms with Gasteiger partial charge in [0, 0.05) is 13.2 Å². The van der Waals surface area contributed by atoms with Crippen molar-refractivity contribution in [2.75, 3.05) is 4.72 Å². The molecule has 2 rings (SSSR count). The van der Waals surface area contributed by atoms with E-state index in [1.807, 2.05) is 0 Å². The van der Waals surface area contributed by atoms with Crippen LogP contribution >= 0.6 is 0 Å². The van der Waals surface area contributed by atoms with Gasteiger partial charge in [-0.05, 0) is 24.6 Å². The Kier molecular flexibility index (Phi) is 3.78. The SMILES string of the molecule is Cc1c(NS(=O)(=O)c2cnn(C)c2)cccc1S(N)(=O)=O. The monoisotopic (exact) mass is 330 g/mol. The fourth-order valence-corrected chi connectivity index (χ4v) is 3.69. The molecular weight excluding hydrogens is 316 g/mol. The molecule has 0 unspecified atom stereocenters. The topological polar surface area (TPSA) is 124 Å². The van der Waals surface area contributed by atoms with E-state index >= 15 is 0 Å². The summed E-state index contributed by atoms with van der Waals surface area (Å²) in [7, 11) is -6.18. The Morgan fingerprint density at radius 2 is 1.90 bits per heavy atom. The first-order valence-electron chi connectivity index (χ1n) is 5.75. The minimum atomic E-state index is -3.92. The molecule has 0 aliphatic heterocycles. The zero-order valence-corrected chi connectivity index (χ0v) is 12.9. The van der Waals surface area contributed by atoms with E-state index in [4.69, 9.17) is 5.14 Å². The molecule has 3 N–H and O–H groups in total. The fourth-order valence-electron chi connectivity index (χ4n) is 1.77. The predicted octanol–water partition coefficient (Wildman–Crippen LogP) is 0.177. The molecule has 1 aromatic heterocycles. The van der Waals surface area contributed by atoms with Crippen LogP contribution in [0, 0.1) is 6.92 Å². The Balaban J connectivity index is 2.46. The van der Waals surface area contributed by atoms with Crippen LogP contribution in [0.25, 0.3) is 0 Å². The molecule has 114 valence electrons. The Morgan fingerprint density at radius 1 is 1.24 bits per heavy atom. The van der Waals surface area contributed by atoms with Crippen molar-refractivity contribution in [3.8, 4) is 0 Å². The molecule has 0 aliphatic rings. The summed E-state index contributed by atoms with van der Waals surface area (Å²) >= 11 is 0. The van der Waals surface area contributed by atoms with Crippen molar-refractivity contribution in [1.82, 2.24) is 9.78 Å². The van der Waals surface area contributed by atoms with Crippen LogP contribution in [0.15, 0.2) is 40.4 Å². The second-order valence-electron chi connectivity index (χ2n) is 4.43. The maximum atomic E-state index is 12.2. The van der Waals surface area contributed by atoms with Gasteiger partial charge in [-0.25, -0.2) is 22.0 Å². The van der Waals surface area contributed by atoms with E-state index in [0.717, 1.165) is 0 Å². The predicted molar refractivity (Wildman–Crippen MR) is 76.6 cm³/mol. The third-order valence-corrected chi connectivity index (χ3v) is 5.20. The highest BCUT2D eigenvalue weighted by molar-refractivity contribution is 7.92. The number of primary sulfonamides is 1. The van der Waals surface area contributed by atoms with E-state index in [-0.39, 0.29) is 21.0 Å². The van der Waals surface area contributed by atoms with Crippen molar-refractivity contribution in [2.45, 2.75) is 16.7 Å². The zero-order chi connectivity index (χ0) is 15.8. The summed E-state index contributed by atoms with van der Waals surface area (Å²) in [6.07, 6.45) is 2.53. The molecule has 0 bridgehead atoms. The van der Waals surface area contributed by atoms with E-state index < -0.39 is 20.0 Å². The molecule has 2 aromatic rings. The minimum Gasteiger partial charge on any atom is -0.279 e. The standard InChI is InChI=1S/C11H14N4O4S2/c1-8-10(4-3-5-11(8)20(12,16)17)14-21(18,19)9-6-13-15(2)7-9/h3-7,14H,1-2H3,(H2,12,16,17). The lowest BCUT2D eigenvalue weighted by Crippen LogP contribution is -2.17. The molecule has 8 nitrogen and oxygen atoms in total. The minimum absolute atomic E-state index is 0.0228. The molecule has 0 fully saturated rings. The highest BCUT2D eigenvalue weighted by Gasteiger charge is 2.20. The molecule has 21 heavy (non-hydrogen) atoms. The lowest BCUT2D eigenvalue weighted by atomic mass is 10.2. The van der Waals surface area contributed by atoms with E-state index in [9.17, 15) is 16.8 Å². The van der Waals surface area contributed by atoms with Crippen LogP contribution in [-0.4, -0.2) is 26.6 Å². The lowest BCUT2D eigenvalue weighted by molar-refractivity contribution is 0.595. The van der Waals surface area contributed by atoms with Gasteiger partial charge in [0.15, 0.2) is 0 Å². The van der Waals surface area contributed by atoms with Gasteiger partial charge in [0.1, 0.15) is 4.90 Å². The van der Waals surface area contributed by atoms with Crippen molar-refractivity contribution in [1.29, 1.82) is 0 Å². The van der Waals surface area contributed by atoms with Gasteiger partial charge in [0.05, 0.1) is 16.8 Å². The Bertz CT molecular complexity index is 885. The van der Waals surface area contributed by atoms with Crippen LogP contribution in [-0.2, 0) is 27.1 Å². The second-order valence-corrected chi connectivity index (χ2v) is 7.64. The number of hydrogen-bond donors (Lipinski definition) is 2. The molecule has 0 atom stereocenters. The molecule has 0 saturated heterocycles. The summed E-state index contributed by atoms with van der Waals surface area (Å²) in [4.78, 5) is -0.153. The molecule has 0 saturated carbocycles. The summed E-state index contributed by atoms with van der Waals surface area (Å²) in [5.41, 5.74) is 0.373. The number of aromatic nitrogens is 2. The molecule has 0 aliphatic carbocycles. The summed E-state index contributed by atoms with van der Waals surface area (Å²) in [5, 5.41) is 8.87. The molecule has 0 amide bonds. The molecule has 1 heterocycles. The van der Waals surface area contributed by atoms with Gasteiger partial charge in [0.25, 0.3) is 10.0 Å². The third kappa shape index (κ3) is 3.23. The first-order chi connectivity index (χ1) is 9.61. The van der Waals surface area contributed by atoms with Crippen LogP contribution in [0.5, 0.6) is 0 Å². The number of rotatable bonds is 4. The average Bonchev–Trinajstić information content (AvgIpc) is 2.78. The summed E-state index contributed by atoms with van der Waals surface area (Å²) in [6, 6.07) is 4.18. The smallest absolute Gasteiger partial charge is 0.265 e. The third-order valence-electron chi connectivity index (χ3n) is 2.83. The van der Waals surface area contributed by atoms with Crippen molar-refractivity contribution in [3.63, 3.8) is 0 Å². The number of anilines is 1. The highest BCUT2D eigenvalue weighted by Crippen LogP contribution is 2.24. The number of nitrogens with two attached hydrogens (primary N) is 1. The molecule has 0 radical (unpaired) electrons. The zero-order valence-electron chi connectivity index (χ0n) is 11.3. The maximum absolute atomic E-state index is 12.2. The van der Waals surface area contributed by atoms with E-state index in [1.165, 1.54) is 42.2 Å². The van der Waals surface area contributed by atoms with Gasteiger partial charge >= 0.3 is 0 Å². The number of benzene rings is 1.